The highest BCUT2D eigenvalue weighted by Crippen LogP contribution is 2.47. The molecule has 0 aromatic rings. The molecule has 0 radical (unpaired) electrons. The van der Waals surface area contributed by atoms with E-state index in [2.05, 4.69) is 11.7 Å². The molecule has 0 rings (SSSR count). The molecule has 0 heterocycles. The van der Waals surface area contributed by atoms with Crippen LogP contribution in [0.5, 0.6) is 0 Å². The topological polar surface area (TPSA) is 17.1 Å². The number of hydrogen-bond acceptors (Lipinski definition) is 8. The van der Waals surface area contributed by atoms with Crippen LogP contribution < -0.4 is 0 Å². The van der Waals surface area contributed by atoms with Crippen LogP contribution >= 0.6 is 51.0 Å². The molecular weight excluding hydrogens is 297 g/mol. The van der Waals surface area contributed by atoms with Crippen LogP contribution in [0, 0.1) is 0 Å². The number of rotatable bonds is 4. The molecule has 0 spiro atoms. The third-order valence-electron chi connectivity index (χ3n) is 0.528. The zero-order valence-corrected chi connectivity index (χ0v) is 11.8. The fourth-order valence-corrected chi connectivity index (χ4v) is 13.7. The van der Waals surface area contributed by atoms with Crippen LogP contribution in [-0.2, 0) is 33.3 Å². The van der Waals surface area contributed by atoms with Gasteiger partial charge in [0.25, 0.3) is 0 Å². The van der Waals surface area contributed by atoms with Crippen LogP contribution in [0.1, 0.15) is 6.92 Å². The maximum Gasteiger partial charge on any atom is 0.203 e. The molecule has 0 atom stereocenters. The zero-order valence-electron chi connectivity index (χ0n) is 5.21. The SMILES string of the molecule is CC(=O)S(=S)(=S)SSSSS. The zero-order chi connectivity index (χ0) is 8.91. The molecule has 11 heavy (non-hydrogen) atoms. The van der Waals surface area contributed by atoms with Gasteiger partial charge in [-0.15, -0.1) is 0 Å². The van der Waals surface area contributed by atoms with Crippen LogP contribution in [0.4, 0.5) is 0 Å². The third-order valence-corrected chi connectivity index (χ3v) is 15.6. The van der Waals surface area contributed by atoms with Crippen molar-refractivity contribution in [3.05, 3.63) is 0 Å². The van der Waals surface area contributed by atoms with E-state index in [1.165, 1.54) is 46.2 Å². The third kappa shape index (κ3) is 6.30. The lowest BCUT2D eigenvalue weighted by Crippen LogP contribution is -1.99. The minimum absolute atomic E-state index is 0.0789. The van der Waals surface area contributed by atoms with Gasteiger partial charge in [-0.3, -0.25) is 4.79 Å². The summed E-state index contributed by atoms with van der Waals surface area (Å²) in [6.07, 6.45) is -1.93. The van der Waals surface area contributed by atoms with E-state index in [0.29, 0.717) is 0 Å². The fraction of sp³-hybridized carbons (Fsp3) is 0.500. The van der Waals surface area contributed by atoms with E-state index < -0.39 is 6.18 Å². The molecule has 0 aliphatic heterocycles. The van der Waals surface area contributed by atoms with Crippen LogP contribution in [0.3, 0.4) is 0 Å². The highest BCUT2D eigenvalue weighted by Gasteiger charge is 2.09. The Hall–Kier alpha value is 2.21. The molecule has 0 N–H and O–H groups in total. The average molecular weight is 301 g/mol. The quantitative estimate of drug-likeness (QED) is 0.482. The van der Waals surface area contributed by atoms with E-state index in [1.807, 2.05) is 0 Å². The van der Waals surface area contributed by atoms with Crippen LogP contribution in [-0.4, -0.2) is 5.12 Å². The molecule has 0 aromatic carbocycles. The van der Waals surface area contributed by atoms with Crippen molar-refractivity contribution in [2.24, 2.45) is 0 Å². The van der Waals surface area contributed by atoms with Gasteiger partial charge in [-0.2, -0.15) is 0 Å². The van der Waals surface area contributed by atoms with Crippen molar-refractivity contribution < 1.29 is 4.79 Å². The molecule has 66 valence electrons. The van der Waals surface area contributed by atoms with Crippen LogP contribution in [0.2, 0.25) is 0 Å². The average Bonchev–Trinajstić information content (AvgIpc) is 1.88. The second-order valence-corrected chi connectivity index (χ2v) is 16.4. The standard InChI is InChI=1S/C2H4OS8/c1-2(3)11(5,6)10-9-8-7-4/h4H,1H3. The Kier molecular flexibility index (Phi) is 7.96. The Bertz CT molecular complexity index is 214. The number of carbonyl (C=O) groups is 1. The highest BCUT2D eigenvalue weighted by atomic mass is 33.9. The molecule has 0 unspecified atom stereocenters. The van der Waals surface area contributed by atoms with E-state index in [9.17, 15) is 4.79 Å². The summed E-state index contributed by atoms with van der Waals surface area (Å²) in [7, 11) is 5.47. The Labute approximate surface area is 95.2 Å². The Balaban J connectivity index is 3.85. The monoisotopic (exact) mass is 300 g/mol. The normalized spacial score (nSPS) is 11.5. The second kappa shape index (κ2) is 6.63. The Morgan fingerprint density at radius 3 is 2.36 bits per heavy atom. The first kappa shape index (κ1) is 13.2. The Morgan fingerprint density at radius 2 is 2.00 bits per heavy atom. The number of hydrogen-bond donors (Lipinski definition) is 1. The first-order valence-corrected chi connectivity index (χ1v) is 12.0. The summed E-state index contributed by atoms with van der Waals surface area (Å²) >= 11 is 13.8. The van der Waals surface area contributed by atoms with Crippen LogP contribution in [0.15, 0.2) is 0 Å². The Morgan fingerprint density at radius 1 is 1.45 bits per heavy atom. The van der Waals surface area contributed by atoms with Gasteiger partial charge in [0.05, 0.1) is 0 Å². The molecule has 0 aliphatic rings. The first-order valence-electron chi connectivity index (χ1n) is 2.09. The van der Waals surface area contributed by atoms with E-state index in [4.69, 9.17) is 22.4 Å². The molecule has 0 aliphatic carbocycles. The van der Waals surface area contributed by atoms with Crippen molar-refractivity contribution in [2.45, 2.75) is 6.92 Å². The van der Waals surface area contributed by atoms with Crippen molar-refractivity contribution >= 4 is 84.6 Å². The van der Waals surface area contributed by atoms with Gasteiger partial charge in [0, 0.05) is 32.8 Å². The molecule has 0 amide bonds. The lowest BCUT2D eigenvalue weighted by Gasteiger charge is -2.00. The number of carbonyl (C=O) groups excluding carboxylic acids is 1. The molecule has 1 nitrogen and oxygen atoms in total. The molecule has 0 fully saturated rings. The van der Waals surface area contributed by atoms with Gasteiger partial charge in [-0.25, -0.2) is 0 Å². The first-order chi connectivity index (χ1) is 5.00. The molecule has 0 saturated heterocycles. The van der Waals surface area contributed by atoms with Gasteiger partial charge in [-0.05, 0) is 42.0 Å². The number of thiol groups is 1. The van der Waals surface area contributed by atoms with Gasteiger partial charge < -0.3 is 0 Å². The second-order valence-electron chi connectivity index (χ2n) is 1.22. The van der Waals surface area contributed by atoms with Gasteiger partial charge >= 0.3 is 0 Å². The van der Waals surface area contributed by atoms with E-state index >= 15 is 0 Å². The predicted octanol–water partition coefficient (Wildman–Crippen LogP) is 3.05. The highest BCUT2D eigenvalue weighted by molar-refractivity contribution is 9.44. The van der Waals surface area contributed by atoms with Crippen LogP contribution in [0.25, 0.3) is 0 Å². The molecule has 0 bridgehead atoms. The molecule has 0 saturated carbocycles. The van der Waals surface area contributed by atoms with E-state index in [0.717, 1.165) is 0 Å². The summed E-state index contributed by atoms with van der Waals surface area (Å²) < 4.78 is 0. The minimum atomic E-state index is -1.93. The van der Waals surface area contributed by atoms with Crippen molar-refractivity contribution in [3.63, 3.8) is 0 Å². The van der Waals surface area contributed by atoms with Crippen molar-refractivity contribution in [3.8, 4) is 0 Å². The summed E-state index contributed by atoms with van der Waals surface area (Å²) in [5.74, 6) is 0. The van der Waals surface area contributed by atoms with E-state index in [1.54, 1.807) is 0 Å². The maximum atomic E-state index is 10.8. The molecular formula is C2H4OS8. The van der Waals surface area contributed by atoms with Crippen molar-refractivity contribution in [1.29, 1.82) is 0 Å². The smallest absolute Gasteiger partial charge is 0.203 e. The summed E-state index contributed by atoms with van der Waals surface area (Å²) in [6.45, 7) is 1.45. The van der Waals surface area contributed by atoms with E-state index in [-0.39, 0.29) is 5.12 Å². The summed E-state index contributed by atoms with van der Waals surface area (Å²) in [4.78, 5) is 10.8. The lowest BCUT2D eigenvalue weighted by molar-refractivity contribution is -0.109. The largest absolute Gasteiger partial charge is 0.286 e. The summed E-state index contributed by atoms with van der Waals surface area (Å²) in [5.41, 5.74) is 0. The van der Waals surface area contributed by atoms with Gasteiger partial charge in [0.1, 0.15) is 0 Å². The molecule has 0 aromatic heterocycles. The lowest BCUT2D eigenvalue weighted by atomic mass is 10.9. The summed E-state index contributed by atoms with van der Waals surface area (Å²) in [6, 6.07) is 0. The van der Waals surface area contributed by atoms with Crippen molar-refractivity contribution in [2.75, 3.05) is 0 Å². The summed E-state index contributed by atoms with van der Waals surface area (Å²) in [5, 5.41) is -0.0789. The van der Waals surface area contributed by atoms with Gasteiger partial charge in [-0.1, -0.05) is 11.7 Å². The van der Waals surface area contributed by atoms with Gasteiger partial charge in [0.15, 0.2) is 0 Å². The van der Waals surface area contributed by atoms with Gasteiger partial charge in [0.2, 0.25) is 5.12 Å². The maximum absolute atomic E-state index is 10.8. The fourth-order valence-electron chi connectivity index (χ4n) is 0.108. The predicted molar refractivity (Wildman–Crippen MR) is 72.1 cm³/mol. The minimum Gasteiger partial charge on any atom is -0.286 e. The van der Waals surface area contributed by atoms with Crippen molar-refractivity contribution in [1.82, 2.24) is 0 Å². The molecule has 9 heteroatoms.